The van der Waals surface area contributed by atoms with Crippen molar-refractivity contribution >= 4 is 11.8 Å². The molecule has 0 saturated carbocycles. The average Bonchev–Trinajstić information content (AvgIpc) is 2.45. The number of carbonyl (C=O) groups excluding carboxylic acids is 2. The van der Waals surface area contributed by atoms with Crippen molar-refractivity contribution in [3.63, 3.8) is 0 Å². The third-order valence-corrected chi connectivity index (χ3v) is 3.24. The van der Waals surface area contributed by atoms with Crippen LogP contribution in [0.5, 0.6) is 0 Å². The topological polar surface area (TPSA) is 43.4 Å². The van der Waals surface area contributed by atoms with E-state index in [1.54, 1.807) is 19.1 Å². The highest BCUT2D eigenvalue weighted by molar-refractivity contribution is 5.92. The van der Waals surface area contributed by atoms with Crippen molar-refractivity contribution in [3.05, 3.63) is 35.4 Å². The van der Waals surface area contributed by atoms with E-state index in [-0.39, 0.29) is 5.78 Å². The van der Waals surface area contributed by atoms with Crippen LogP contribution >= 0.6 is 0 Å². The van der Waals surface area contributed by atoms with Gasteiger partial charge in [0.1, 0.15) is 0 Å². The van der Waals surface area contributed by atoms with E-state index in [9.17, 15) is 9.59 Å². The summed E-state index contributed by atoms with van der Waals surface area (Å²) in [5, 5.41) is 0. The first kappa shape index (κ1) is 16.4. The van der Waals surface area contributed by atoms with Crippen LogP contribution in [-0.4, -0.2) is 17.9 Å². The Morgan fingerprint density at radius 2 is 1.75 bits per heavy atom. The molecule has 1 aromatic rings. The summed E-state index contributed by atoms with van der Waals surface area (Å²) in [5.41, 5.74) is 1.72. The van der Waals surface area contributed by atoms with E-state index in [0.29, 0.717) is 12.0 Å². The lowest BCUT2D eigenvalue weighted by molar-refractivity contribution is -0.126. The molecule has 3 heteroatoms. The molecule has 0 aliphatic heterocycles. The molecule has 0 aliphatic carbocycles. The molecule has 0 N–H and O–H groups in total. The van der Waals surface area contributed by atoms with Crippen LogP contribution in [0, 0.1) is 0 Å². The number of Topliss-reactive ketones (excluding diaryl/α,β-unsaturated/α-hetero) is 1. The molecule has 0 saturated heterocycles. The summed E-state index contributed by atoms with van der Waals surface area (Å²) in [6.07, 6.45) is 3.88. The van der Waals surface area contributed by atoms with Crippen molar-refractivity contribution in [3.8, 4) is 0 Å². The molecular weight excluding hydrogens is 252 g/mol. The molecule has 110 valence electrons. The molecule has 0 aromatic heterocycles. The Kier molecular flexibility index (Phi) is 6.99. The predicted molar refractivity (Wildman–Crippen MR) is 79.8 cm³/mol. The van der Waals surface area contributed by atoms with E-state index in [2.05, 4.69) is 6.92 Å². The van der Waals surface area contributed by atoms with Crippen molar-refractivity contribution in [2.75, 3.05) is 0 Å². The fourth-order valence-corrected chi connectivity index (χ4v) is 1.93. The Bertz CT molecular complexity index is 434. The van der Waals surface area contributed by atoms with Crippen molar-refractivity contribution in [2.45, 2.75) is 59.0 Å². The molecule has 20 heavy (non-hydrogen) atoms. The zero-order valence-corrected chi connectivity index (χ0v) is 12.6. The van der Waals surface area contributed by atoms with Gasteiger partial charge in [0.25, 0.3) is 0 Å². The first-order valence-electron chi connectivity index (χ1n) is 7.41. The SMILES string of the molecule is CCCCc1ccc(C(=O)OC(C)C(=O)CCC)cc1. The average molecular weight is 276 g/mol. The first-order valence-corrected chi connectivity index (χ1v) is 7.41. The number of esters is 1. The predicted octanol–water partition coefficient (Wildman–Crippen LogP) is 3.94. The standard InChI is InChI=1S/C17H24O3/c1-4-6-8-14-9-11-15(12-10-14)17(19)20-13(3)16(18)7-5-2/h9-13H,4-8H2,1-3H3. The molecule has 1 unspecified atom stereocenters. The number of hydrogen-bond acceptors (Lipinski definition) is 3. The van der Waals surface area contributed by atoms with Crippen molar-refractivity contribution in [1.82, 2.24) is 0 Å². The maximum Gasteiger partial charge on any atom is 0.338 e. The van der Waals surface area contributed by atoms with Crippen LogP contribution < -0.4 is 0 Å². The van der Waals surface area contributed by atoms with Gasteiger partial charge in [0.05, 0.1) is 5.56 Å². The number of aryl methyl sites for hydroxylation is 1. The number of carbonyl (C=O) groups is 2. The minimum atomic E-state index is -0.665. The molecule has 0 radical (unpaired) electrons. The van der Waals surface area contributed by atoms with Gasteiger partial charge >= 0.3 is 5.97 Å². The zero-order chi connectivity index (χ0) is 15.0. The summed E-state index contributed by atoms with van der Waals surface area (Å²) in [4.78, 5) is 23.5. The van der Waals surface area contributed by atoms with Crippen LogP contribution in [0.2, 0.25) is 0 Å². The lowest BCUT2D eigenvalue weighted by Gasteiger charge is -2.12. The normalized spacial score (nSPS) is 11.9. The molecule has 0 fully saturated rings. The maximum absolute atomic E-state index is 11.9. The molecule has 0 bridgehead atoms. The molecular formula is C17H24O3. The summed E-state index contributed by atoms with van der Waals surface area (Å²) < 4.78 is 5.18. The summed E-state index contributed by atoms with van der Waals surface area (Å²) in [5.74, 6) is -0.454. The van der Waals surface area contributed by atoms with E-state index in [1.807, 2.05) is 19.1 Å². The third kappa shape index (κ3) is 5.16. The van der Waals surface area contributed by atoms with Gasteiger partial charge in [-0.2, -0.15) is 0 Å². The molecule has 0 spiro atoms. The number of benzene rings is 1. The number of hydrogen-bond donors (Lipinski definition) is 0. The smallest absolute Gasteiger partial charge is 0.338 e. The van der Waals surface area contributed by atoms with Gasteiger partial charge < -0.3 is 4.74 Å². The minimum absolute atomic E-state index is 0.0274. The highest BCUT2D eigenvalue weighted by Gasteiger charge is 2.17. The van der Waals surface area contributed by atoms with Crippen LogP contribution in [0.15, 0.2) is 24.3 Å². The summed E-state index contributed by atoms with van der Waals surface area (Å²) in [6.45, 7) is 5.72. The van der Waals surface area contributed by atoms with E-state index in [1.165, 1.54) is 5.56 Å². The van der Waals surface area contributed by atoms with Crippen LogP contribution in [0.4, 0.5) is 0 Å². The van der Waals surface area contributed by atoms with Crippen LogP contribution in [0.3, 0.4) is 0 Å². The fourth-order valence-electron chi connectivity index (χ4n) is 1.93. The Morgan fingerprint density at radius 1 is 1.10 bits per heavy atom. The van der Waals surface area contributed by atoms with Crippen molar-refractivity contribution in [2.24, 2.45) is 0 Å². The van der Waals surface area contributed by atoms with Gasteiger partial charge in [-0.25, -0.2) is 4.79 Å². The number of ketones is 1. The third-order valence-electron chi connectivity index (χ3n) is 3.24. The lowest BCUT2D eigenvalue weighted by atomic mass is 10.1. The van der Waals surface area contributed by atoms with Crippen LogP contribution in [0.25, 0.3) is 0 Å². The van der Waals surface area contributed by atoms with Gasteiger partial charge in [0, 0.05) is 6.42 Å². The highest BCUT2D eigenvalue weighted by Crippen LogP contribution is 2.10. The van der Waals surface area contributed by atoms with Gasteiger partial charge in [0.15, 0.2) is 11.9 Å². The summed E-state index contributed by atoms with van der Waals surface area (Å²) in [6, 6.07) is 7.43. The fraction of sp³-hybridized carbons (Fsp3) is 0.529. The Balaban J connectivity index is 2.57. The molecule has 0 amide bonds. The van der Waals surface area contributed by atoms with E-state index >= 15 is 0 Å². The lowest BCUT2D eigenvalue weighted by Crippen LogP contribution is -2.24. The molecule has 1 rings (SSSR count). The minimum Gasteiger partial charge on any atom is -0.451 e. The quantitative estimate of drug-likeness (QED) is 0.675. The monoisotopic (exact) mass is 276 g/mol. The van der Waals surface area contributed by atoms with Gasteiger partial charge in [-0.15, -0.1) is 0 Å². The Labute approximate surface area is 121 Å². The number of ether oxygens (including phenoxy) is 1. The molecule has 0 aliphatic rings. The summed E-state index contributed by atoms with van der Waals surface area (Å²) in [7, 11) is 0. The van der Waals surface area contributed by atoms with Crippen molar-refractivity contribution < 1.29 is 14.3 Å². The number of unbranched alkanes of at least 4 members (excludes halogenated alkanes) is 1. The second-order valence-electron chi connectivity index (χ2n) is 5.06. The van der Waals surface area contributed by atoms with Crippen LogP contribution in [0.1, 0.15) is 62.4 Å². The second-order valence-corrected chi connectivity index (χ2v) is 5.06. The summed E-state index contributed by atoms with van der Waals surface area (Å²) >= 11 is 0. The van der Waals surface area contributed by atoms with E-state index in [0.717, 1.165) is 25.7 Å². The Morgan fingerprint density at radius 3 is 2.30 bits per heavy atom. The molecule has 0 heterocycles. The largest absolute Gasteiger partial charge is 0.451 e. The molecule has 3 nitrogen and oxygen atoms in total. The van der Waals surface area contributed by atoms with Gasteiger partial charge in [-0.05, 0) is 43.9 Å². The van der Waals surface area contributed by atoms with Gasteiger partial charge in [0.2, 0.25) is 0 Å². The first-order chi connectivity index (χ1) is 9.58. The maximum atomic E-state index is 11.9. The Hall–Kier alpha value is -1.64. The molecule has 1 aromatic carbocycles. The zero-order valence-electron chi connectivity index (χ0n) is 12.6. The van der Waals surface area contributed by atoms with E-state index in [4.69, 9.17) is 4.74 Å². The second kappa shape index (κ2) is 8.51. The van der Waals surface area contributed by atoms with E-state index < -0.39 is 12.1 Å². The number of rotatable bonds is 8. The van der Waals surface area contributed by atoms with Gasteiger partial charge in [-0.1, -0.05) is 32.4 Å². The van der Waals surface area contributed by atoms with Crippen LogP contribution in [-0.2, 0) is 16.0 Å². The van der Waals surface area contributed by atoms with Gasteiger partial charge in [-0.3, -0.25) is 4.79 Å². The van der Waals surface area contributed by atoms with Crippen molar-refractivity contribution in [1.29, 1.82) is 0 Å². The highest BCUT2D eigenvalue weighted by atomic mass is 16.5. The molecule has 1 atom stereocenters.